The minimum absolute atomic E-state index is 0.416. The Hall–Kier alpha value is -1.08. The van der Waals surface area contributed by atoms with E-state index in [1.54, 1.807) is 5.57 Å². The van der Waals surface area contributed by atoms with Crippen LogP contribution < -0.4 is 5.32 Å². The van der Waals surface area contributed by atoms with Gasteiger partial charge in [0, 0.05) is 0 Å². The van der Waals surface area contributed by atoms with Gasteiger partial charge in [0.05, 0.1) is 6.04 Å². The first-order valence-electron chi connectivity index (χ1n) is 8.22. The van der Waals surface area contributed by atoms with E-state index >= 15 is 0 Å². The van der Waals surface area contributed by atoms with Crippen molar-refractivity contribution in [2.24, 2.45) is 0 Å². The highest BCUT2D eigenvalue weighted by Gasteiger charge is 2.19. The van der Waals surface area contributed by atoms with Crippen molar-refractivity contribution in [3.05, 3.63) is 46.5 Å². The molecule has 0 saturated carbocycles. The summed E-state index contributed by atoms with van der Waals surface area (Å²) in [7, 11) is 0. The van der Waals surface area contributed by atoms with Gasteiger partial charge in [0.15, 0.2) is 0 Å². The van der Waals surface area contributed by atoms with Crippen LogP contribution in [0.1, 0.15) is 68.2 Å². The molecule has 0 amide bonds. The molecule has 1 aliphatic carbocycles. The molecule has 1 aromatic rings. The molecule has 2 rings (SSSR count). The molecule has 0 radical (unpaired) electrons. The highest BCUT2D eigenvalue weighted by atomic mass is 14.9. The molecule has 0 aliphatic heterocycles. The lowest BCUT2D eigenvalue weighted by atomic mass is 9.87. The zero-order valence-corrected chi connectivity index (χ0v) is 13.3. The highest BCUT2D eigenvalue weighted by molar-refractivity contribution is 5.40. The lowest BCUT2D eigenvalue weighted by Gasteiger charge is -2.26. The third-order valence-corrected chi connectivity index (χ3v) is 4.44. The fraction of sp³-hybridized carbons (Fsp3) is 0.579. The fourth-order valence-corrected chi connectivity index (χ4v) is 3.38. The van der Waals surface area contributed by atoms with Crippen LogP contribution >= 0.6 is 0 Å². The number of aryl methyl sites for hydroxylation is 2. The van der Waals surface area contributed by atoms with Crippen LogP contribution in [0, 0.1) is 13.8 Å². The van der Waals surface area contributed by atoms with E-state index in [-0.39, 0.29) is 0 Å². The molecule has 1 N–H and O–H groups in total. The number of allylic oxidation sites excluding steroid dienone is 1. The number of rotatable bonds is 4. The Morgan fingerprint density at radius 2 is 1.75 bits per heavy atom. The molecule has 0 fully saturated rings. The largest absolute Gasteiger partial charge is 0.307 e. The summed E-state index contributed by atoms with van der Waals surface area (Å²) < 4.78 is 0. The molecular weight excluding hydrogens is 242 g/mol. The summed E-state index contributed by atoms with van der Waals surface area (Å²) in [6.07, 6.45) is 10.5. The van der Waals surface area contributed by atoms with E-state index in [9.17, 15) is 0 Å². The predicted octanol–water partition coefficient (Wildman–Crippen LogP) is 5.23. The quantitative estimate of drug-likeness (QED) is 0.739. The van der Waals surface area contributed by atoms with Gasteiger partial charge in [0.1, 0.15) is 0 Å². The Morgan fingerprint density at radius 1 is 1.05 bits per heavy atom. The van der Waals surface area contributed by atoms with Gasteiger partial charge in [0.25, 0.3) is 0 Å². The smallest absolute Gasteiger partial charge is 0.0541 e. The number of hydrogen-bond acceptors (Lipinski definition) is 1. The third kappa shape index (κ3) is 3.73. The molecule has 0 spiro atoms. The first kappa shape index (κ1) is 15.3. The lowest BCUT2D eigenvalue weighted by Crippen LogP contribution is -2.25. The molecule has 0 bridgehead atoms. The van der Waals surface area contributed by atoms with Crippen molar-refractivity contribution in [1.29, 1.82) is 0 Å². The standard InChI is InChI=1S/C19H29N/c1-4-20-19(17-13-8-6-5-7-9-14-17)18-15(2)11-10-12-16(18)3/h10-13,19-20H,4-9,14H2,1-3H3/b17-13+. The number of likely N-dealkylation sites (N-methyl/N-ethyl adjacent to an activating group) is 1. The maximum atomic E-state index is 3.73. The summed E-state index contributed by atoms with van der Waals surface area (Å²) in [4.78, 5) is 0. The van der Waals surface area contributed by atoms with E-state index in [4.69, 9.17) is 0 Å². The Bertz CT molecular complexity index is 439. The van der Waals surface area contributed by atoms with Crippen molar-refractivity contribution in [3.63, 3.8) is 0 Å². The summed E-state index contributed by atoms with van der Waals surface area (Å²) in [5.74, 6) is 0. The molecule has 1 atom stereocenters. The lowest BCUT2D eigenvalue weighted by molar-refractivity contribution is 0.551. The molecule has 1 heteroatoms. The van der Waals surface area contributed by atoms with Crippen molar-refractivity contribution >= 4 is 0 Å². The van der Waals surface area contributed by atoms with Crippen molar-refractivity contribution in [2.75, 3.05) is 6.54 Å². The van der Waals surface area contributed by atoms with Crippen LogP contribution in [0.15, 0.2) is 29.8 Å². The van der Waals surface area contributed by atoms with Crippen molar-refractivity contribution in [2.45, 2.75) is 65.3 Å². The first-order valence-corrected chi connectivity index (χ1v) is 8.22. The number of nitrogens with one attached hydrogen (secondary N) is 1. The van der Waals surface area contributed by atoms with Gasteiger partial charge in [-0.2, -0.15) is 0 Å². The van der Waals surface area contributed by atoms with Gasteiger partial charge in [0.2, 0.25) is 0 Å². The molecule has 1 unspecified atom stereocenters. The monoisotopic (exact) mass is 271 g/mol. The van der Waals surface area contributed by atoms with Crippen molar-refractivity contribution in [3.8, 4) is 0 Å². The van der Waals surface area contributed by atoms with Gasteiger partial charge >= 0.3 is 0 Å². The molecule has 0 aromatic heterocycles. The van der Waals surface area contributed by atoms with Crippen LogP contribution in [0.3, 0.4) is 0 Å². The van der Waals surface area contributed by atoms with Crippen LogP contribution in [-0.2, 0) is 0 Å². The van der Waals surface area contributed by atoms with Crippen molar-refractivity contribution < 1.29 is 0 Å². The first-order chi connectivity index (χ1) is 9.74. The van der Waals surface area contributed by atoms with E-state index in [0.29, 0.717) is 6.04 Å². The van der Waals surface area contributed by atoms with Gasteiger partial charge in [-0.3, -0.25) is 0 Å². The van der Waals surface area contributed by atoms with Crippen LogP contribution in [0.4, 0.5) is 0 Å². The Kier molecular flexibility index (Phi) is 5.85. The van der Waals surface area contributed by atoms with Crippen molar-refractivity contribution in [1.82, 2.24) is 5.32 Å². The van der Waals surface area contributed by atoms with E-state index in [2.05, 4.69) is 50.4 Å². The Balaban J connectivity index is 2.34. The molecule has 1 aliphatic rings. The van der Waals surface area contributed by atoms with Gasteiger partial charge < -0.3 is 5.32 Å². The molecule has 1 aromatic carbocycles. The normalized spacial score (nSPS) is 20.6. The SMILES string of the molecule is CCNC(/C1=C/CCCCCC1)c1c(C)cccc1C. The van der Waals surface area contributed by atoms with Crippen LogP contribution in [0.25, 0.3) is 0 Å². The van der Waals surface area contributed by atoms with E-state index < -0.39 is 0 Å². The zero-order chi connectivity index (χ0) is 14.4. The average Bonchev–Trinajstić information content (AvgIpc) is 2.37. The maximum Gasteiger partial charge on any atom is 0.0541 e. The fourth-order valence-electron chi connectivity index (χ4n) is 3.38. The Morgan fingerprint density at radius 3 is 2.45 bits per heavy atom. The molecule has 0 heterocycles. The van der Waals surface area contributed by atoms with Gasteiger partial charge in [-0.15, -0.1) is 0 Å². The number of hydrogen-bond donors (Lipinski definition) is 1. The highest BCUT2D eigenvalue weighted by Crippen LogP contribution is 2.32. The second kappa shape index (κ2) is 7.64. The molecule has 110 valence electrons. The topological polar surface area (TPSA) is 12.0 Å². The molecular formula is C19H29N. The van der Waals surface area contributed by atoms with Gasteiger partial charge in [-0.1, -0.05) is 49.6 Å². The van der Waals surface area contributed by atoms with E-state index in [1.807, 2.05) is 0 Å². The minimum Gasteiger partial charge on any atom is -0.307 e. The summed E-state index contributed by atoms with van der Waals surface area (Å²) in [6.45, 7) is 7.73. The van der Waals surface area contributed by atoms with E-state index in [0.717, 1.165) is 6.54 Å². The molecule has 0 saturated heterocycles. The average molecular weight is 271 g/mol. The second-order valence-electron chi connectivity index (χ2n) is 6.03. The minimum atomic E-state index is 0.416. The van der Waals surface area contributed by atoms with Crippen LogP contribution in [0.5, 0.6) is 0 Å². The van der Waals surface area contributed by atoms with E-state index in [1.165, 1.54) is 55.2 Å². The summed E-state index contributed by atoms with van der Waals surface area (Å²) in [5, 5.41) is 3.73. The van der Waals surface area contributed by atoms with Gasteiger partial charge in [-0.05, 0) is 62.8 Å². The summed E-state index contributed by atoms with van der Waals surface area (Å²) in [5.41, 5.74) is 5.95. The molecule has 20 heavy (non-hydrogen) atoms. The maximum absolute atomic E-state index is 3.73. The third-order valence-electron chi connectivity index (χ3n) is 4.44. The van der Waals surface area contributed by atoms with Crippen LogP contribution in [-0.4, -0.2) is 6.54 Å². The summed E-state index contributed by atoms with van der Waals surface area (Å²) in [6, 6.07) is 7.08. The zero-order valence-electron chi connectivity index (χ0n) is 13.3. The van der Waals surface area contributed by atoms with Gasteiger partial charge in [-0.25, -0.2) is 0 Å². The Labute approximate surface area is 124 Å². The van der Waals surface area contributed by atoms with Crippen LogP contribution in [0.2, 0.25) is 0 Å². The number of benzene rings is 1. The summed E-state index contributed by atoms with van der Waals surface area (Å²) >= 11 is 0. The predicted molar refractivity (Wildman–Crippen MR) is 88.1 cm³/mol. The second-order valence-corrected chi connectivity index (χ2v) is 6.03. The molecule has 1 nitrogen and oxygen atoms in total.